The van der Waals surface area contributed by atoms with E-state index < -0.39 is 29.1 Å². The third-order valence-corrected chi connectivity index (χ3v) is 9.32. The summed E-state index contributed by atoms with van der Waals surface area (Å²) in [6, 6.07) is 9.04. The van der Waals surface area contributed by atoms with Crippen molar-refractivity contribution in [1.29, 1.82) is 0 Å². The van der Waals surface area contributed by atoms with E-state index in [0.717, 1.165) is 18.4 Å². The van der Waals surface area contributed by atoms with Crippen molar-refractivity contribution in [2.24, 2.45) is 11.8 Å². The maximum absolute atomic E-state index is 14.4. The first kappa shape index (κ1) is 28.6. The lowest BCUT2D eigenvalue weighted by molar-refractivity contribution is -0.155. The molecule has 2 saturated heterocycles. The van der Waals surface area contributed by atoms with Gasteiger partial charge >= 0.3 is 0 Å². The average molecular weight is 550 g/mol. The number of amides is 3. The predicted molar refractivity (Wildman–Crippen MR) is 152 cm³/mol. The smallest absolute Gasteiger partial charge is 0.249 e. The second kappa shape index (κ2) is 11.5. The van der Waals surface area contributed by atoms with Gasteiger partial charge in [-0.3, -0.25) is 14.4 Å². The van der Waals surface area contributed by atoms with Gasteiger partial charge in [0.2, 0.25) is 17.7 Å². The molecule has 5 rings (SSSR count). The molecule has 1 aromatic rings. The second-order valence-electron chi connectivity index (χ2n) is 11.7. The van der Waals surface area contributed by atoms with Gasteiger partial charge in [-0.05, 0) is 38.2 Å². The Balaban J connectivity index is 1.58. The number of carbonyl (C=O) groups excluding carboxylic acids is 3. The Kier molecular flexibility index (Phi) is 8.20. The number of aliphatic hydroxyl groups is 1. The molecule has 216 valence electrons. The molecule has 0 saturated carbocycles. The van der Waals surface area contributed by atoms with Crippen LogP contribution in [0.25, 0.3) is 0 Å². The van der Waals surface area contributed by atoms with Crippen LogP contribution in [-0.4, -0.2) is 87.1 Å². The fourth-order valence-corrected chi connectivity index (χ4v) is 7.38. The van der Waals surface area contributed by atoms with Gasteiger partial charge in [0, 0.05) is 38.8 Å². The Bertz CT molecular complexity index is 1170. The van der Waals surface area contributed by atoms with Crippen LogP contribution in [-0.2, 0) is 25.7 Å². The number of hydrogen-bond donors (Lipinski definition) is 1. The summed E-state index contributed by atoms with van der Waals surface area (Å²) in [5.74, 6) is -1.97. The molecule has 4 aliphatic heterocycles. The minimum absolute atomic E-state index is 0.0145. The number of fused-ring (bicyclic) bond motifs is 2. The maximum atomic E-state index is 14.4. The van der Waals surface area contributed by atoms with Crippen LogP contribution in [0.3, 0.4) is 0 Å². The summed E-state index contributed by atoms with van der Waals surface area (Å²) in [6.07, 6.45) is 11.3. The normalized spacial score (nSPS) is 32.1. The van der Waals surface area contributed by atoms with Crippen molar-refractivity contribution in [2.75, 3.05) is 26.2 Å². The molecule has 0 radical (unpaired) electrons. The van der Waals surface area contributed by atoms with Crippen molar-refractivity contribution < 1.29 is 24.2 Å². The number of benzene rings is 1. The van der Waals surface area contributed by atoms with E-state index in [1.54, 1.807) is 4.90 Å². The number of hydrogen-bond acceptors (Lipinski definition) is 5. The van der Waals surface area contributed by atoms with Gasteiger partial charge in [-0.1, -0.05) is 74.9 Å². The molecule has 4 aliphatic rings. The Morgan fingerprint density at radius 3 is 2.42 bits per heavy atom. The fourth-order valence-electron chi connectivity index (χ4n) is 7.38. The van der Waals surface area contributed by atoms with Crippen molar-refractivity contribution in [3.05, 3.63) is 60.2 Å². The highest BCUT2D eigenvalue weighted by molar-refractivity contribution is 6.00. The van der Waals surface area contributed by atoms with E-state index in [2.05, 4.69) is 13.8 Å². The summed E-state index contributed by atoms with van der Waals surface area (Å²) in [7, 11) is 0. The zero-order valence-corrected chi connectivity index (χ0v) is 24.0. The molecule has 1 spiro atoms. The van der Waals surface area contributed by atoms with Crippen molar-refractivity contribution in [3.8, 4) is 0 Å². The molecule has 0 aromatic heterocycles. The largest absolute Gasteiger partial charge is 0.396 e. The van der Waals surface area contributed by atoms with Crippen molar-refractivity contribution in [3.63, 3.8) is 0 Å². The summed E-state index contributed by atoms with van der Waals surface area (Å²) in [5, 5.41) is 9.43. The zero-order chi connectivity index (χ0) is 28.5. The molecule has 40 heavy (non-hydrogen) atoms. The quantitative estimate of drug-likeness (QED) is 0.357. The van der Waals surface area contributed by atoms with Crippen molar-refractivity contribution in [1.82, 2.24) is 14.7 Å². The van der Waals surface area contributed by atoms with Crippen LogP contribution in [0.1, 0.15) is 58.4 Å². The molecule has 0 aliphatic carbocycles. The summed E-state index contributed by atoms with van der Waals surface area (Å²) >= 11 is 0. The van der Waals surface area contributed by atoms with Gasteiger partial charge in [-0.25, -0.2) is 0 Å². The van der Waals surface area contributed by atoms with E-state index >= 15 is 0 Å². The topological polar surface area (TPSA) is 90.4 Å². The predicted octanol–water partition coefficient (Wildman–Crippen LogP) is 3.31. The Hall–Kier alpha value is -2.97. The number of nitrogens with zero attached hydrogens (tertiary/aromatic N) is 3. The van der Waals surface area contributed by atoms with E-state index in [9.17, 15) is 19.5 Å². The van der Waals surface area contributed by atoms with E-state index in [0.29, 0.717) is 45.4 Å². The van der Waals surface area contributed by atoms with Crippen LogP contribution in [0.4, 0.5) is 0 Å². The van der Waals surface area contributed by atoms with Crippen LogP contribution in [0.5, 0.6) is 0 Å². The van der Waals surface area contributed by atoms with Crippen LogP contribution < -0.4 is 0 Å². The third kappa shape index (κ3) is 4.59. The highest BCUT2D eigenvalue weighted by Crippen LogP contribution is 2.58. The number of rotatable bonds is 10. The minimum Gasteiger partial charge on any atom is -0.396 e. The summed E-state index contributed by atoms with van der Waals surface area (Å²) in [6.45, 7) is 7.82. The molecular weight excluding hydrogens is 506 g/mol. The molecule has 4 heterocycles. The zero-order valence-electron chi connectivity index (χ0n) is 24.0. The highest BCUT2D eigenvalue weighted by atomic mass is 16.5. The van der Waals surface area contributed by atoms with E-state index in [1.807, 2.05) is 71.4 Å². The van der Waals surface area contributed by atoms with Crippen molar-refractivity contribution in [2.45, 2.75) is 82.7 Å². The highest BCUT2D eigenvalue weighted by Gasteiger charge is 2.75. The fraction of sp³-hybridized carbons (Fsp3) is 0.594. The molecule has 6 atom stereocenters. The lowest BCUT2D eigenvalue weighted by Gasteiger charge is -2.39. The first-order chi connectivity index (χ1) is 19.3. The Morgan fingerprint density at radius 1 is 0.975 bits per heavy atom. The maximum Gasteiger partial charge on any atom is 0.249 e. The van der Waals surface area contributed by atoms with Gasteiger partial charge in [0.05, 0.1) is 17.4 Å². The molecule has 2 unspecified atom stereocenters. The van der Waals surface area contributed by atoms with Gasteiger partial charge in [0.25, 0.3) is 0 Å². The number of unbranched alkanes of at least 4 members (excludes halogenated alkanes) is 1. The molecule has 3 amide bonds. The molecule has 0 bridgehead atoms. The van der Waals surface area contributed by atoms with Crippen LogP contribution in [0, 0.1) is 11.8 Å². The molecule has 1 N–H and O–H groups in total. The Morgan fingerprint density at radius 2 is 1.73 bits per heavy atom. The second-order valence-corrected chi connectivity index (χ2v) is 11.7. The summed E-state index contributed by atoms with van der Waals surface area (Å²) in [5.41, 5.74) is -1.19. The van der Waals surface area contributed by atoms with Crippen molar-refractivity contribution >= 4 is 17.7 Å². The van der Waals surface area contributed by atoms with Crippen LogP contribution >= 0.6 is 0 Å². The number of ether oxygens (including phenoxy) is 1. The lowest BCUT2D eigenvalue weighted by Crippen LogP contribution is -2.57. The molecule has 2 fully saturated rings. The van der Waals surface area contributed by atoms with Gasteiger partial charge in [-0.15, -0.1) is 0 Å². The minimum atomic E-state index is -1.23. The average Bonchev–Trinajstić information content (AvgIpc) is 3.24. The van der Waals surface area contributed by atoms with Gasteiger partial charge in [-0.2, -0.15) is 0 Å². The van der Waals surface area contributed by atoms with Crippen LogP contribution in [0.15, 0.2) is 54.6 Å². The lowest BCUT2D eigenvalue weighted by atomic mass is 9.73. The van der Waals surface area contributed by atoms with E-state index in [-0.39, 0.29) is 30.4 Å². The molecule has 8 heteroatoms. The third-order valence-electron chi connectivity index (χ3n) is 9.32. The van der Waals surface area contributed by atoms with E-state index in [4.69, 9.17) is 4.74 Å². The number of aliphatic hydroxyl groups excluding tert-OH is 1. The molecule has 1 aromatic carbocycles. The van der Waals surface area contributed by atoms with Crippen LogP contribution in [0.2, 0.25) is 0 Å². The SMILES string of the molecule is CCCC(C)N1CC=C[C@]23O[C@]4(CC)C=CCN(Cc5ccccc5)C(=O)[C@@H]4[C@H]2C(=O)N(CCCCO)C3C1=O. The number of carbonyl (C=O) groups is 3. The van der Waals surface area contributed by atoms with Gasteiger partial charge < -0.3 is 24.5 Å². The van der Waals surface area contributed by atoms with Gasteiger partial charge in [0.1, 0.15) is 11.6 Å². The van der Waals surface area contributed by atoms with Gasteiger partial charge in [0.15, 0.2) is 0 Å². The number of likely N-dealkylation sites (tertiary alicyclic amines) is 1. The van der Waals surface area contributed by atoms with E-state index in [1.165, 1.54) is 0 Å². The first-order valence-electron chi connectivity index (χ1n) is 14.9. The molecular formula is C32H43N3O5. The standard InChI is InChI=1S/C32H43N3O5/c1-4-13-23(3)34-20-12-17-32-26(29(38)35(19-9-10-21-36)27(32)30(34)39)25-28(37)33(22-24-14-7-6-8-15-24)18-11-16-31(25,5-2)40-32/h6-8,11-12,14-17,23,25-27,36H,4-5,9-10,13,18-22H2,1-3H3/t23?,25-,26-,27?,31+,32-/m0/s1. The molecule has 8 nitrogen and oxygen atoms in total. The monoisotopic (exact) mass is 549 g/mol. The Labute approximate surface area is 237 Å². The summed E-state index contributed by atoms with van der Waals surface area (Å²) < 4.78 is 7.03. The first-order valence-corrected chi connectivity index (χ1v) is 14.9. The summed E-state index contributed by atoms with van der Waals surface area (Å²) in [4.78, 5) is 48.6.